The van der Waals surface area contributed by atoms with Gasteiger partial charge < -0.3 is 14.5 Å². The summed E-state index contributed by atoms with van der Waals surface area (Å²) < 4.78 is 9.33. The molecule has 0 unspecified atom stereocenters. The maximum Gasteiger partial charge on any atom is 0.325 e. The van der Waals surface area contributed by atoms with Gasteiger partial charge in [-0.3, -0.25) is 9.59 Å². The number of esters is 1. The van der Waals surface area contributed by atoms with Gasteiger partial charge in [-0.15, -0.1) is 0 Å². The zero-order valence-electron chi connectivity index (χ0n) is 8.23. The normalized spacial score (nSPS) is 10.2. The van der Waals surface area contributed by atoms with Gasteiger partial charge in [0.25, 0.3) is 0 Å². The van der Waals surface area contributed by atoms with Gasteiger partial charge in [0.2, 0.25) is 5.91 Å². The zero-order chi connectivity index (χ0) is 11.1. The molecule has 0 aromatic carbocycles. The van der Waals surface area contributed by atoms with Crippen molar-refractivity contribution in [3.8, 4) is 0 Å². The van der Waals surface area contributed by atoms with Crippen LogP contribution in [0.15, 0.2) is 28.9 Å². The van der Waals surface area contributed by atoms with Crippen molar-refractivity contribution >= 4 is 18.0 Å². The molecule has 0 aliphatic rings. The van der Waals surface area contributed by atoms with E-state index >= 15 is 0 Å². The molecule has 0 saturated carbocycles. The monoisotopic (exact) mass is 209 g/mol. The molecule has 0 saturated heterocycles. The van der Waals surface area contributed by atoms with Crippen LogP contribution in [0.25, 0.3) is 6.08 Å². The average molecular weight is 209 g/mol. The van der Waals surface area contributed by atoms with Crippen molar-refractivity contribution in [3.63, 3.8) is 0 Å². The van der Waals surface area contributed by atoms with Gasteiger partial charge in [0.15, 0.2) is 0 Å². The second kappa shape index (κ2) is 5.64. The van der Waals surface area contributed by atoms with Gasteiger partial charge in [-0.1, -0.05) is 0 Å². The number of hydrogen-bond acceptors (Lipinski definition) is 4. The van der Waals surface area contributed by atoms with Crippen LogP contribution in [0.1, 0.15) is 5.76 Å². The summed E-state index contributed by atoms with van der Waals surface area (Å²) in [6.45, 7) is -0.141. The number of carbonyl (C=O) groups excluding carboxylic acids is 2. The van der Waals surface area contributed by atoms with Crippen LogP contribution in [0.3, 0.4) is 0 Å². The predicted molar refractivity (Wildman–Crippen MR) is 52.8 cm³/mol. The lowest BCUT2D eigenvalue weighted by Gasteiger charge is -1.98. The first-order valence-electron chi connectivity index (χ1n) is 4.28. The fraction of sp³-hybridized carbons (Fsp3) is 0.200. The number of hydrogen-bond donors (Lipinski definition) is 1. The Kier molecular flexibility index (Phi) is 4.15. The van der Waals surface area contributed by atoms with Gasteiger partial charge in [-0.2, -0.15) is 0 Å². The van der Waals surface area contributed by atoms with Crippen molar-refractivity contribution in [1.29, 1.82) is 0 Å². The summed E-state index contributed by atoms with van der Waals surface area (Å²) >= 11 is 0. The van der Waals surface area contributed by atoms with E-state index < -0.39 is 5.97 Å². The van der Waals surface area contributed by atoms with Gasteiger partial charge in [0.1, 0.15) is 12.3 Å². The van der Waals surface area contributed by atoms with Crippen LogP contribution in [0, 0.1) is 0 Å². The summed E-state index contributed by atoms with van der Waals surface area (Å²) in [6, 6.07) is 3.43. The van der Waals surface area contributed by atoms with E-state index in [9.17, 15) is 9.59 Å². The lowest BCUT2D eigenvalue weighted by molar-refractivity contribution is -0.140. The molecule has 1 amide bonds. The number of rotatable bonds is 4. The van der Waals surface area contributed by atoms with Crippen LogP contribution in [-0.4, -0.2) is 25.5 Å². The summed E-state index contributed by atoms with van der Waals surface area (Å²) in [4.78, 5) is 21.8. The van der Waals surface area contributed by atoms with E-state index in [2.05, 4.69) is 10.1 Å². The Balaban J connectivity index is 2.33. The highest BCUT2D eigenvalue weighted by Gasteiger charge is 2.01. The third-order valence-corrected chi connectivity index (χ3v) is 1.58. The van der Waals surface area contributed by atoms with E-state index in [1.807, 2.05) is 0 Å². The number of furan rings is 1. The summed E-state index contributed by atoms with van der Waals surface area (Å²) in [5.41, 5.74) is 0. The Morgan fingerprint density at radius 2 is 2.40 bits per heavy atom. The molecule has 0 fully saturated rings. The first-order valence-corrected chi connectivity index (χ1v) is 4.28. The average Bonchev–Trinajstić information content (AvgIpc) is 2.75. The van der Waals surface area contributed by atoms with Crippen LogP contribution >= 0.6 is 0 Å². The fourth-order valence-electron chi connectivity index (χ4n) is 0.834. The maximum absolute atomic E-state index is 11.1. The highest BCUT2D eigenvalue weighted by Crippen LogP contribution is 2.01. The van der Waals surface area contributed by atoms with Crippen LogP contribution in [0.5, 0.6) is 0 Å². The second-order valence-electron chi connectivity index (χ2n) is 2.64. The highest BCUT2D eigenvalue weighted by molar-refractivity contribution is 5.93. The lowest BCUT2D eigenvalue weighted by atomic mass is 10.4. The van der Waals surface area contributed by atoms with Crippen LogP contribution in [0.4, 0.5) is 0 Å². The number of nitrogens with one attached hydrogen (secondary N) is 1. The number of carbonyl (C=O) groups is 2. The SMILES string of the molecule is COC(=O)CNC(=O)/C=C/c1ccco1. The Morgan fingerprint density at radius 1 is 1.60 bits per heavy atom. The molecule has 0 aliphatic carbocycles. The maximum atomic E-state index is 11.1. The molecule has 1 aromatic heterocycles. The van der Waals surface area contributed by atoms with Gasteiger partial charge >= 0.3 is 5.97 Å². The van der Waals surface area contributed by atoms with Gasteiger partial charge in [-0.25, -0.2) is 0 Å². The molecule has 80 valence electrons. The van der Waals surface area contributed by atoms with Crippen molar-refractivity contribution in [1.82, 2.24) is 5.32 Å². The van der Waals surface area contributed by atoms with E-state index in [-0.39, 0.29) is 12.5 Å². The smallest absolute Gasteiger partial charge is 0.325 e. The third-order valence-electron chi connectivity index (χ3n) is 1.58. The molecule has 5 nitrogen and oxygen atoms in total. The molecule has 0 atom stereocenters. The minimum Gasteiger partial charge on any atom is -0.468 e. The van der Waals surface area contributed by atoms with Gasteiger partial charge in [0.05, 0.1) is 13.4 Å². The fourth-order valence-corrected chi connectivity index (χ4v) is 0.834. The van der Waals surface area contributed by atoms with Gasteiger partial charge in [0, 0.05) is 6.08 Å². The highest BCUT2D eigenvalue weighted by atomic mass is 16.5. The van der Waals surface area contributed by atoms with Crippen molar-refractivity contribution in [2.75, 3.05) is 13.7 Å². The molecule has 1 heterocycles. The Bertz CT molecular complexity index is 354. The molecular formula is C10H11NO4. The molecule has 0 spiro atoms. The second-order valence-corrected chi connectivity index (χ2v) is 2.64. The molecule has 1 aromatic rings. The largest absolute Gasteiger partial charge is 0.468 e. The van der Waals surface area contributed by atoms with E-state index in [0.717, 1.165) is 0 Å². The Hall–Kier alpha value is -2.04. The molecule has 5 heteroatoms. The van der Waals surface area contributed by atoms with Crippen LogP contribution in [0.2, 0.25) is 0 Å². The molecule has 15 heavy (non-hydrogen) atoms. The first-order chi connectivity index (χ1) is 7.22. The molecular weight excluding hydrogens is 198 g/mol. The van der Waals surface area contributed by atoms with E-state index in [1.54, 1.807) is 12.1 Å². The van der Waals surface area contributed by atoms with E-state index in [4.69, 9.17) is 4.42 Å². The molecule has 0 bridgehead atoms. The minimum absolute atomic E-state index is 0.141. The summed E-state index contributed by atoms with van der Waals surface area (Å²) in [5.74, 6) is -0.297. The van der Waals surface area contributed by atoms with Crippen LogP contribution in [-0.2, 0) is 14.3 Å². The van der Waals surface area contributed by atoms with Gasteiger partial charge in [-0.05, 0) is 18.2 Å². The summed E-state index contributed by atoms with van der Waals surface area (Å²) in [6.07, 6.45) is 4.29. The number of methoxy groups -OCH3 is 1. The topological polar surface area (TPSA) is 68.5 Å². The van der Waals surface area contributed by atoms with Crippen molar-refractivity contribution < 1.29 is 18.7 Å². The molecule has 1 rings (SSSR count). The minimum atomic E-state index is -0.491. The molecule has 1 N–H and O–H groups in total. The zero-order valence-corrected chi connectivity index (χ0v) is 8.23. The van der Waals surface area contributed by atoms with Crippen LogP contribution < -0.4 is 5.32 Å². The molecule has 0 aliphatic heterocycles. The van der Waals surface area contributed by atoms with Crippen molar-refractivity contribution in [2.45, 2.75) is 0 Å². The number of amides is 1. The quantitative estimate of drug-likeness (QED) is 0.581. The standard InChI is InChI=1S/C10H11NO4/c1-14-10(13)7-11-9(12)5-4-8-3-2-6-15-8/h2-6H,7H2,1H3,(H,11,12)/b5-4+. The summed E-state index contributed by atoms with van der Waals surface area (Å²) in [7, 11) is 1.26. The number of ether oxygens (including phenoxy) is 1. The third kappa shape index (κ3) is 4.12. The van der Waals surface area contributed by atoms with E-state index in [0.29, 0.717) is 5.76 Å². The lowest BCUT2D eigenvalue weighted by Crippen LogP contribution is -2.28. The van der Waals surface area contributed by atoms with Crippen molar-refractivity contribution in [2.24, 2.45) is 0 Å². The Morgan fingerprint density at radius 3 is 3.00 bits per heavy atom. The first kappa shape index (κ1) is 11.0. The van der Waals surface area contributed by atoms with Crippen molar-refractivity contribution in [3.05, 3.63) is 30.2 Å². The Labute approximate surface area is 86.7 Å². The predicted octanol–water partition coefficient (Wildman–Crippen LogP) is 0.582. The molecule has 0 radical (unpaired) electrons. The van der Waals surface area contributed by atoms with E-state index in [1.165, 1.54) is 25.5 Å². The summed E-state index contributed by atoms with van der Waals surface area (Å²) in [5, 5.41) is 2.35.